The lowest BCUT2D eigenvalue weighted by Gasteiger charge is -2.13. The number of rotatable bonds is 1. The highest BCUT2D eigenvalue weighted by atomic mass is 15.4. The molecular weight excluding hydrogens is 188 g/mol. The topological polar surface area (TPSA) is 56.7 Å². The summed E-state index contributed by atoms with van der Waals surface area (Å²) in [5.41, 5.74) is 7.03. The van der Waals surface area contributed by atoms with Crippen molar-refractivity contribution in [2.75, 3.05) is 0 Å². The molecule has 4 heteroatoms. The number of nitrogens with zero attached hydrogens (tertiary/aromatic N) is 3. The maximum atomic E-state index is 5.89. The van der Waals surface area contributed by atoms with Gasteiger partial charge in [-0.3, -0.25) is 0 Å². The van der Waals surface area contributed by atoms with Gasteiger partial charge in [0.15, 0.2) is 0 Å². The molecule has 0 radical (unpaired) electrons. The van der Waals surface area contributed by atoms with Crippen molar-refractivity contribution in [3.05, 3.63) is 11.9 Å². The predicted molar refractivity (Wildman–Crippen MR) is 59.6 cm³/mol. The number of nitrogens with two attached hydrogens (primary N) is 1. The van der Waals surface area contributed by atoms with Crippen LogP contribution in [0.3, 0.4) is 0 Å². The second kappa shape index (κ2) is 3.59. The summed E-state index contributed by atoms with van der Waals surface area (Å²) in [4.78, 5) is 0. The first-order valence-corrected chi connectivity index (χ1v) is 5.65. The highest BCUT2D eigenvalue weighted by molar-refractivity contribution is 5.07. The van der Waals surface area contributed by atoms with Crippen molar-refractivity contribution < 1.29 is 0 Å². The summed E-state index contributed by atoms with van der Waals surface area (Å²) in [5.74, 6) is 0. The molecule has 1 aliphatic rings. The second-order valence-corrected chi connectivity index (χ2v) is 5.56. The molecule has 0 saturated heterocycles. The first-order valence-electron chi connectivity index (χ1n) is 5.65. The van der Waals surface area contributed by atoms with Gasteiger partial charge in [-0.1, -0.05) is 26.0 Å². The summed E-state index contributed by atoms with van der Waals surface area (Å²) in [6.45, 7) is 6.46. The van der Waals surface area contributed by atoms with Crippen LogP contribution in [0.15, 0.2) is 6.20 Å². The molecule has 0 aromatic carbocycles. The molecule has 15 heavy (non-hydrogen) atoms. The first kappa shape index (κ1) is 10.6. The third kappa shape index (κ3) is 2.20. The van der Waals surface area contributed by atoms with Gasteiger partial charge in [0, 0.05) is 17.7 Å². The Kier molecular flexibility index (Phi) is 2.54. The van der Waals surface area contributed by atoms with Crippen LogP contribution in [0.1, 0.15) is 51.8 Å². The molecule has 2 N–H and O–H groups in total. The molecule has 1 heterocycles. The van der Waals surface area contributed by atoms with Crippen molar-refractivity contribution in [3.63, 3.8) is 0 Å². The van der Waals surface area contributed by atoms with Gasteiger partial charge in [0.1, 0.15) is 0 Å². The fraction of sp³-hybridized carbons (Fsp3) is 0.818. The molecule has 1 fully saturated rings. The highest BCUT2D eigenvalue weighted by Gasteiger charge is 2.26. The van der Waals surface area contributed by atoms with E-state index in [0.29, 0.717) is 12.1 Å². The third-order valence-corrected chi connectivity index (χ3v) is 3.10. The van der Waals surface area contributed by atoms with Crippen molar-refractivity contribution in [2.24, 2.45) is 5.73 Å². The minimum atomic E-state index is 0.0823. The van der Waals surface area contributed by atoms with Crippen molar-refractivity contribution in [1.82, 2.24) is 15.0 Å². The lowest BCUT2D eigenvalue weighted by atomic mass is 9.93. The predicted octanol–water partition coefficient (Wildman–Crippen LogP) is 1.63. The molecule has 1 saturated carbocycles. The zero-order valence-corrected chi connectivity index (χ0v) is 9.77. The van der Waals surface area contributed by atoms with E-state index < -0.39 is 0 Å². The summed E-state index contributed by atoms with van der Waals surface area (Å²) in [5, 5.41) is 8.44. The SMILES string of the molecule is CC(C)(C)c1cn([C@@H]2CC[C@H](N)C2)nn1. The van der Waals surface area contributed by atoms with Crippen LogP contribution in [0.5, 0.6) is 0 Å². The van der Waals surface area contributed by atoms with E-state index >= 15 is 0 Å². The van der Waals surface area contributed by atoms with Crippen molar-refractivity contribution in [2.45, 2.75) is 57.5 Å². The molecule has 2 rings (SSSR count). The average molecular weight is 208 g/mol. The van der Waals surface area contributed by atoms with Crippen LogP contribution in [0.4, 0.5) is 0 Å². The van der Waals surface area contributed by atoms with Crippen molar-refractivity contribution in [3.8, 4) is 0 Å². The van der Waals surface area contributed by atoms with Crippen LogP contribution in [-0.4, -0.2) is 21.0 Å². The zero-order chi connectivity index (χ0) is 11.1. The van der Waals surface area contributed by atoms with Crippen LogP contribution in [0, 0.1) is 0 Å². The van der Waals surface area contributed by atoms with E-state index in [4.69, 9.17) is 5.73 Å². The summed E-state index contributed by atoms with van der Waals surface area (Å²) >= 11 is 0. The Morgan fingerprint density at radius 3 is 2.60 bits per heavy atom. The lowest BCUT2D eigenvalue weighted by molar-refractivity contribution is 0.448. The minimum Gasteiger partial charge on any atom is -0.328 e. The molecule has 0 bridgehead atoms. The van der Waals surface area contributed by atoms with Crippen LogP contribution in [0.2, 0.25) is 0 Å². The summed E-state index contributed by atoms with van der Waals surface area (Å²) in [6, 6.07) is 0.806. The number of aromatic nitrogens is 3. The standard InChI is InChI=1S/C11H20N4/c1-11(2,3)10-7-15(14-13-10)9-5-4-8(12)6-9/h7-9H,4-6,12H2,1-3H3/t8-,9+/m0/s1. The van der Waals surface area contributed by atoms with E-state index in [-0.39, 0.29) is 5.41 Å². The van der Waals surface area contributed by atoms with Crippen LogP contribution >= 0.6 is 0 Å². The quantitative estimate of drug-likeness (QED) is 0.763. The minimum absolute atomic E-state index is 0.0823. The monoisotopic (exact) mass is 208 g/mol. The van der Waals surface area contributed by atoms with Crippen molar-refractivity contribution >= 4 is 0 Å². The Labute approximate surface area is 90.8 Å². The fourth-order valence-electron chi connectivity index (χ4n) is 2.03. The Bertz CT molecular complexity index is 337. The molecule has 0 spiro atoms. The van der Waals surface area contributed by atoms with Gasteiger partial charge in [-0.05, 0) is 19.3 Å². The van der Waals surface area contributed by atoms with Crippen molar-refractivity contribution in [1.29, 1.82) is 0 Å². The van der Waals surface area contributed by atoms with Crippen LogP contribution in [0.25, 0.3) is 0 Å². The molecule has 0 amide bonds. The maximum Gasteiger partial charge on any atom is 0.0880 e. The number of hydrogen-bond donors (Lipinski definition) is 1. The van der Waals surface area contributed by atoms with Gasteiger partial charge in [0.05, 0.1) is 11.7 Å². The van der Waals surface area contributed by atoms with Crippen LogP contribution < -0.4 is 5.73 Å². The van der Waals surface area contributed by atoms with E-state index in [1.807, 2.05) is 4.68 Å². The van der Waals surface area contributed by atoms with Gasteiger partial charge in [0.25, 0.3) is 0 Å². The molecule has 0 unspecified atom stereocenters. The van der Waals surface area contributed by atoms with E-state index in [2.05, 4.69) is 37.3 Å². The lowest BCUT2D eigenvalue weighted by Crippen LogP contribution is -2.16. The molecule has 1 aliphatic carbocycles. The van der Waals surface area contributed by atoms with Gasteiger partial charge in [0.2, 0.25) is 0 Å². The normalized spacial score (nSPS) is 27.2. The van der Waals surface area contributed by atoms with Gasteiger partial charge in [-0.15, -0.1) is 5.10 Å². The average Bonchev–Trinajstić information content (AvgIpc) is 2.69. The maximum absolute atomic E-state index is 5.89. The largest absolute Gasteiger partial charge is 0.328 e. The summed E-state index contributed by atoms with van der Waals surface area (Å²) in [6.07, 6.45) is 5.35. The number of hydrogen-bond acceptors (Lipinski definition) is 3. The molecule has 4 nitrogen and oxygen atoms in total. The Morgan fingerprint density at radius 1 is 1.40 bits per heavy atom. The third-order valence-electron chi connectivity index (χ3n) is 3.10. The first-order chi connectivity index (χ1) is 6.97. The molecule has 2 atom stereocenters. The van der Waals surface area contributed by atoms with E-state index in [1.54, 1.807) is 0 Å². The zero-order valence-electron chi connectivity index (χ0n) is 9.77. The highest BCUT2D eigenvalue weighted by Crippen LogP contribution is 2.29. The molecule has 84 valence electrons. The Balaban J connectivity index is 2.14. The molecule has 1 aromatic heterocycles. The van der Waals surface area contributed by atoms with Gasteiger partial charge >= 0.3 is 0 Å². The summed E-state index contributed by atoms with van der Waals surface area (Å²) < 4.78 is 1.99. The van der Waals surface area contributed by atoms with Gasteiger partial charge in [-0.25, -0.2) is 4.68 Å². The van der Waals surface area contributed by atoms with E-state index in [1.165, 1.54) is 0 Å². The van der Waals surface area contributed by atoms with E-state index in [0.717, 1.165) is 25.0 Å². The van der Waals surface area contributed by atoms with E-state index in [9.17, 15) is 0 Å². The van der Waals surface area contributed by atoms with Crippen LogP contribution in [-0.2, 0) is 5.41 Å². The molecule has 1 aromatic rings. The van der Waals surface area contributed by atoms with Gasteiger partial charge < -0.3 is 5.73 Å². The second-order valence-electron chi connectivity index (χ2n) is 5.56. The van der Waals surface area contributed by atoms with Gasteiger partial charge in [-0.2, -0.15) is 0 Å². The summed E-state index contributed by atoms with van der Waals surface area (Å²) in [7, 11) is 0. The molecule has 0 aliphatic heterocycles. The smallest absolute Gasteiger partial charge is 0.0880 e. The fourth-order valence-corrected chi connectivity index (χ4v) is 2.03. The Morgan fingerprint density at radius 2 is 2.13 bits per heavy atom. The molecular formula is C11H20N4. The Hall–Kier alpha value is -0.900.